The summed E-state index contributed by atoms with van der Waals surface area (Å²) in [5.74, 6) is 0.0638. The molecule has 3 N–H and O–H groups in total. The second-order valence-corrected chi connectivity index (χ2v) is 6.34. The fraction of sp³-hybridized carbons (Fsp3) is 0.316. The van der Waals surface area contributed by atoms with Crippen LogP contribution in [0.2, 0.25) is 5.02 Å². The first kappa shape index (κ1) is 20.1. The number of carbonyl (C=O) groups is 1. The molecule has 2 aromatic carbocycles. The van der Waals surface area contributed by atoms with Gasteiger partial charge in [-0.05, 0) is 43.2 Å². The van der Waals surface area contributed by atoms with Crippen molar-refractivity contribution in [2.24, 2.45) is 0 Å². The topological polar surface area (TPSA) is 54.9 Å². The molecule has 0 saturated heterocycles. The maximum absolute atomic E-state index is 12.1. The Kier molecular flexibility index (Phi) is 7.81. The highest BCUT2D eigenvalue weighted by molar-refractivity contribution is 6.30. The lowest BCUT2D eigenvalue weighted by molar-refractivity contribution is -0.682. The van der Waals surface area contributed by atoms with Gasteiger partial charge in [-0.1, -0.05) is 35.9 Å². The lowest BCUT2D eigenvalue weighted by Crippen LogP contribution is -2.87. The van der Waals surface area contributed by atoms with Crippen LogP contribution in [0, 0.1) is 0 Å². The fourth-order valence-corrected chi connectivity index (χ4v) is 2.66. The molecule has 0 saturated carbocycles. The predicted octanol–water partition coefficient (Wildman–Crippen LogP) is 2.92. The number of hydrogen-bond donors (Lipinski definition) is 2. The van der Waals surface area contributed by atoms with Crippen molar-refractivity contribution in [1.82, 2.24) is 5.32 Å². The zero-order valence-electron chi connectivity index (χ0n) is 14.4. The summed E-state index contributed by atoms with van der Waals surface area (Å²) in [6.07, 6.45) is 0.616. The largest absolute Gasteiger partial charge is 0.435 e. The standard InChI is InChI=1S/C19H21ClF2N2O2/c1-13(15-3-2-4-16(20)11-15)24-12-18(25)23-10-9-14-5-7-17(8-6-14)26-19(21)22/h2-8,11,13,19,24H,9-10,12H2,1H3,(H,23,25)/p+1/t13-/m1/s1. The van der Waals surface area contributed by atoms with Gasteiger partial charge < -0.3 is 15.4 Å². The average molecular weight is 384 g/mol. The van der Waals surface area contributed by atoms with Crippen molar-refractivity contribution in [3.8, 4) is 5.75 Å². The van der Waals surface area contributed by atoms with E-state index in [1.165, 1.54) is 12.1 Å². The number of halogens is 3. The summed E-state index contributed by atoms with van der Waals surface area (Å²) >= 11 is 5.97. The number of quaternary nitrogens is 1. The van der Waals surface area contributed by atoms with Gasteiger partial charge in [0.25, 0.3) is 5.91 Å². The van der Waals surface area contributed by atoms with Gasteiger partial charge in [-0.15, -0.1) is 0 Å². The van der Waals surface area contributed by atoms with Crippen LogP contribution in [0.3, 0.4) is 0 Å². The van der Waals surface area contributed by atoms with Crippen molar-refractivity contribution in [3.63, 3.8) is 0 Å². The Labute approximate surface area is 156 Å². The first-order chi connectivity index (χ1) is 12.4. The van der Waals surface area contributed by atoms with E-state index in [0.29, 0.717) is 24.5 Å². The first-order valence-electron chi connectivity index (χ1n) is 8.33. The monoisotopic (exact) mass is 383 g/mol. The zero-order valence-corrected chi connectivity index (χ0v) is 15.2. The number of hydrogen-bond acceptors (Lipinski definition) is 2. The van der Waals surface area contributed by atoms with Gasteiger partial charge in [-0.2, -0.15) is 8.78 Å². The lowest BCUT2D eigenvalue weighted by atomic mass is 10.1. The molecular weight excluding hydrogens is 362 g/mol. The number of rotatable bonds is 9. The second kappa shape index (κ2) is 10.1. The Morgan fingerprint density at radius 1 is 1.23 bits per heavy atom. The Balaban J connectivity index is 1.68. The number of nitrogens with two attached hydrogens (primary N) is 1. The molecule has 1 amide bonds. The highest BCUT2D eigenvalue weighted by Gasteiger charge is 2.11. The highest BCUT2D eigenvalue weighted by atomic mass is 35.5. The van der Waals surface area contributed by atoms with E-state index in [9.17, 15) is 13.6 Å². The first-order valence-corrected chi connectivity index (χ1v) is 8.71. The third kappa shape index (κ3) is 6.98. The van der Waals surface area contributed by atoms with Crippen LogP contribution in [0.4, 0.5) is 8.78 Å². The van der Waals surface area contributed by atoms with Gasteiger partial charge >= 0.3 is 6.61 Å². The third-order valence-corrected chi connectivity index (χ3v) is 4.15. The van der Waals surface area contributed by atoms with Crippen molar-refractivity contribution in [1.29, 1.82) is 0 Å². The maximum atomic E-state index is 12.1. The molecule has 0 bridgehead atoms. The molecule has 7 heteroatoms. The molecule has 4 nitrogen and oxygen atoms in total. The number of ether oxygens (including phenoxy) is 1. The summed E-state index contributed by atoms with van der Waals surface area (Å²) in [6, 6.07) is 14.1. The van der Waals surface area contributed by atoms with Crippen molar-refractivity contribution in [2.45, 2.75) is 26.0 Å². The fourth-order valence-electron chi connectivity index (χ4n) is 2.47. The normalized spacial score (nSPS) is 12.0. The summed E-state index contributed by atoms with van der Waals surface area (Å²) < 4.78 is 28.5. The van der Waals surface area contributed by atoms with Gasteiger partial charge in [0.1, 0.15) is 11.8 Å². The molecule has 0 aromatic heterocycles. The Morgan fingerprint density at radius 3 is 2.62 bits per heavy atom. The van der Waals surface area contributed by atoms with Crippen LogP contribution in [0.5, 0.6) is 5.75 Å². The Bertz CT molecular complexity index is 711. The van der Waals surface area contributed by atoms with Crippen molar-refractivity contribution in [2.75, 3.05) is 13.1 Å². The molecule has 26 heavy (non-hydrogen) atoms. The van der Waals surface area contributed by atoms with Crippen LogP contribution < -0.4 is 15.4 Å². The predicted molar refractivity (Wildman–Crippen MR) is 96.4 cm³/mol. The molecular formula is C19H22ClF2N2O2+. The summed E-state index contributed by atoms with van der Waals surface area (Å²) in [7, 11) is 0. The van der Waals surface area contributed by atoms with Crippen LogP contribution >= 0.6 is 11.6 Å². The molecule has 0 fully saturated rings. The van der Waals surface area contributed by atoms with E-state index >= 15 is 0 Å². The molecule has 0 unspecified atom stereocenters. The van der Waals surface area contributed by atoms with Crippen LogP contribution in [0.15, 0.2) is 48.5 Å². The summed E-state index contributed by atoms with van der Waals surface area (Å²) in [5, 5.41) is 5.47. The molecule has 1 atom stereocenters. The van der Waals surface area contributed by atoms with Crippen LogP contribution in [-0.2, 0) is 11.2 Å². The van der Waals surface area contributed by atoms with Crippen LogP contribution in [-0.4, -0.2) is 25.6 Å². The molecule has 0 aliphatic rings. The Morgan fingerprint density at radius 2 is 1.96 bits per heavy atom. The lowest BCUT2D eigenvalue weighted by Gasteiger charge is -2.11. The number of amides is 1. The van der Waals surface area contributed by atoms with E-state index < -0.39 is 6.61 Å². The Hall–Kier alpha value is -2.18. The molecule has 0 aliphatic carbocycles. The van der Waals surface area contributed by atoms with Gasteiger partial charge in [0, 0.05) is 17.1 Å². The van der Waals surface area contributed by atoms with Gasteiger partial charge in [0.15, 0.2) is 6.54 Å². The van der Waals surface area contributed by atoms with E-state index in [1.807, 2.05) is 36.5 Å². The minimum atomic E-state index is -2.83. The molecule has 2 aromatic rings. The number of carbonyl (C=O) groups excluding carboxylic acids is 1. The average Bonchev–Trinajstić information content (AvgIpc) is 2.60. The summed E-state index contributed by atoms with van der Waals surface area (Å²) in [4.78, 5) is 11.9. The van der Waals surface area contributed by atoms with Crippen molar-refractivity contribution in [3.05, 3.63) is 64.7 Å². The van der Waals surface area contributed by atoms with E-state index in [0.717, 1.165) is 11.1 Å². The maximum Gasteiger partial charge on any atom is 0.387 e. The molecule has 140 valence electrons. The minimum Gasteiger partial charge on any atom is -0.435 e. The van der Waals surface area contributed by atoms with E-state index in [2.05, 4.69) is 10.1 Å². The van der Waals surface area contributed by atoms with Crippen LogP contribution in [0.25, 0.3) is 0 Å². The molecule has 0 spiro atoms. The van der Waals surface area contributed by atoms with E-state index in [1.54, 1.807) is 12.1 Å². The number of benzene rings is 2. The molecule has 0 heterocycles. The van der Waals surface area contributed by atoms with Gasteiger partial charge in [0.05, 0.1) is 0 Å². The van der Waals surface area contributed by atoms with Gasteiger partial charge in [-0.25, -0.2) is 0 Å². The quantitative estimate of drug-likeness (QED) is 0.699. The zero-order chi connectivity index (χ0) is 18.9. The minimum absolute atomic E-state index is 0.0588. The smallest absolute Gasteiger partial charge is 0.387 e. The second-order valence-electron chi connectivity index (χ2n) is 5.91. The molecule has 0 radical (unpaired) electrons. The van der Waals surface area contributed by atoms with E-state index in [4.69, 9.17) is 11.6 Å². The molecule has 2 rings (SSSR count). The van der Waals surface area contributed by atoms with Crippen LogP contribution in [0.1, 0.15) is 24.1 Å². The number of nitrogens with one attached hydrogen (secondary N) is 1. The number of alkyl halides is 2. The third-order valence-electron chi connectivity index (χ3n) is 3.92. The highest BCUT2D eigenvalue weighted by Crippen LogP contribution is 2.15. The SMILES string of the molecule is C[C@@H]([NH2+]CC(=O)NCCc1ccc(OC(F)F)cc1)c1cccc(Cl)c1. The molecule has 0 aliphatic heterocycles. The summed E-state index contributed by atoms with van der Waals surface area (Å²) in [5.41, 5.74) is 2.00. The van der Waals surface area contributed by atoms with Gasteiger partial charge in [-0.3, -0.25) is 4.79 Å². The summed E-state index contributed by atoms with van der Waals surface area (Å²) in [6.45, 7) is -0.0185. The van der Waals surface area contributed by atoms with Crippen molar-refractivity contribution >= 4 is 17.5 Å². The van der Waals surface area contributed by atoms with Crippen molar-refractivity contribution < 1.29 is 23.6 Å². The van der Waals surface area contributed by atoms with Gasteiger partial charge in [0.2, 0.25) is 0 Å². The van der Waals surface area contributed by atoms with E-state index in [-0.39, 0.29) is 17.7 Å².